The highest BCUT2D eigenvalue weighted by molar-refractivity contribution is 6.72. The van der Waals surface area contributed by atoms with E-state index in [1.807, 2.05) is 37.3 Å². The molecule has 3 aromatic carbocycles. The van der Waals surface area contributed by atoms with Crippen LogP contribution in [-0.4, -0.2) is 68.5 Å². The van der Waals surface area contributed by atoms with E-state index in [1.165, 1.54) is 0 Å². The quantitative estimate of drug-likeness (QED) is 0.227. The van der Waals surface area contributed by atoms with Crippen LogP contribution >= 0.6 is 0 Å². The number of halogens is 1. The molecule has 0 saturated carbocycles. The number of likely N-dealkylation sites (tertiary alicyclic amines) is 1. The molecule has 3 heterocycles. The van der Waals surface area contributed by atoms with E-state index >= 15 is 4.11 Å². The molecule has 0 radical (unpaired) electrons. The van der Waals surface area contributed by atoms with Gasteiger partial charge in [-0.3, -0.25) is 14.4 Å². The topological polar surface area (TPSA) is 108 Å². The van der Waals surface area contributed by atoms with E-state index in [1.54, 1.807) is 72.5 Å². The zero-order valence-corrected chi connectivity index (χ0v) is 28.2. The molecule has 248 valence electrons. The summed E-state index contributed by atoms with van der Waals surface area (Å²) in [5.41, 5.74) is 0.965. The molecule has 0 bridgehead atoms. The van der Waals surface area contributed by atoms with Gasteiger partial charge in [0.1, 0.15) is 5.75 Å². The lowest BCUT2D eigenvalue weighted by Crippen LogP contribution is -2.45. The van der Waals surface area contributed by atoms with Crippen molar-refractivity contribution in [2.24, 2.45) is 5.92 Å². The van der Waals surface area contributed by atoms with Crippen molar-refractivity contribution in [3.63, 3.8) is 0 Å². The molecule has 1 spiro atoms. The first kappa shape index (κ1) is 32.9. The van der Waals surface area contributed by atoms with Crippen molar-refractivity contribution >= 4 is 37.5 Å². The summed E-state index contributed by atoms with van der Waals surface area (Å²) in [7, 11) is -1.93. The molecule has 47 heavy (non-hydrogen) atoms. The first-order valence-corrected chi connectivity index (χ1v) is 19.2. The summed E-state index contributed by atoms with van der Waals surface area (Å²) in [5, 5.41) is 12.8. The molecule has 0 aromatic heterocycles. The highest BCUT2D eigenvalue weighted by Gasteiger charge is 2.67. The summed E-state index contributed by atoms with van der Waals surface area (Å²) in [6, 6.07) is 21.4. The second-order valence-electron chi connectivity index (χ2n) is 13.3. The number of carbonyl (C=O) groups excluding carboxylic acids is 3. The second kappa shape index (κ2) is 12.9. The molecule has 2 N–H and O–H groups in total. The SMILES string of the molecule is COc1ccc2c(c1)[C@@]1(O[C@H](CC(=O)N3CCC[C@H]3CO)[C@@H]([Si](C)(C)F)[C@@H]1C)C(=O)N2Cc1cccc(NC(=O)c2ccccc2)c1. The van der Waals surface area contributed by atoms with Gasteiger partial charge in [-0.1, -0.05) is 37.3 Å². The number of nitrogens with one attached hydrogen (secondary N) is 1. The van der Waals surface area contributed by atoms with Gasteiger partial charge < -0.3 is 33.8 Å². The lowest BCUT2D eigenvalue weighted by molar-refractivity contribution is -0.150. The van der Waals surface area contributed by atoms with Gasteiger partial charge in [-0.15, -0.1) is 0 Å². The van der Waals surface area contributed by atoms with Crippen LogP contribution in [0, 0.1) is 5.92 Å². The number of methoxy groups -OCH3 is 1. The summed E-state index contributed by atoms with van der Waals surface area (Å²) in [4.78, 5) is 44.5. The minimum Gasteiger partial charge on any atom is -0.497 e. The van der Waals surface area contributed by atoms with Crippen LogP contribution in [0.5, 0.6) is 5.75 Å². The van der Waals surface area contributed by atoms with Crippen LogP contribution in [0.2, 0.25) is 18.6 Å². The molecule has 2 saturated heterocycles. The molecular formula is C36H42FN3O6Si. The number of amides is 3. The molecule has 9 nitrogen and oxygen atoms in total. The van der Waals surface area contributed by atoms with Gasteiger partial charge in [0.2, 0.25) is 14.3 Å². The van der Waals surface area contributed by atoms with E-state index < -0.39 is 31.6 Å². The number of carbonyl (C=O) groups is 3. The molecule has 5 atom stereocenters. The van der Waals surface area contributed by atoms with Gasteiger partial charge in [-0.2, -0.15) is 0 Å². The number of rotatable bonds is 9. The number of nitrogens with zero attached hydrogens (tertiary/aromatic N) is 2. The van der Waals surface area contributed by atoms with Crippen LogP contribution < -0.4 is 15.0 Å². The number of hydrogen-bond acceptors (Lipinski definition) is 6. The van der Waals surface area contributed by atoms with Gasteiger partial charge in [0.15, 0.2) is 5.60 Å². The lowest BCUT2D eigenvalue weighted by atomic mass is 9.82. The van der Waals surface area contributed by atoms with Crippen LogP contribution in [0.4, 0.5) is 15.5 Å². The zero-order chi connectivity index (χ0) is 33.5. The Bertz CT molecular complexity index is 1670. The molecule has 11 heteroatoms. The molecule has 0 unspecified atom stereocenters. The average Bonchev–Trinajstić information content (AvgIpc) is 3.72. The fourth-order valence-electron chi connectivity index (χ4n) is 7.88. The Morgan fingerprint density at radius 1 is 1.11 bits per heavy atom. The molecule has 3 aliphatic rings. The average molecular weight is 660 g/mol. The third kappa shape index (κ3) is 5.96. The van der Waals surface area contributed by atoms with Gasteiger partial charge in [0, 0.05) is 34.8 Å². The maximum absolute atomic E-state index is 16.3. The zero-order valence-electron chi connectivity index (χ0n) is 27.2. The normalized spacial score (nSPS) is 25.4. The first-order valence-electron chi connectivity index (χ1n) is 16.2. The predicted molar refractivity (Wildman–Crippen MR) is 180 cm³/mol. The van der Waals surface area contributed by atoms with Crippen molar-refractivity contribution < 1.29 is 33.1 Å². The number of ether oxygens (including phenoxy) is 2. The van der Waals surface area contributed by atoms with Crippen molar-refractivity contribution in [3.05, 3.63) is 89.5 Å². The molecule has 0 aliphatic carbocycles. The highest BCUT2D eigenvalue weighted by Crippen LogP contribution is 2.60. The molecule has 3 aliphatic heterocycles. The summed E-state index contributed by atoms with van der Waals surface area (Å²) in [5.74, 6) is -0.788. The minimum absolute atomic E-state index is 0.0661. The van der Waals surface area contributed by atoms with E-state index in [0.717, 1.165) is 18.4 Å². The lowest BCUT2D eigenvalue weighted by Gasteiger charge is -2.31. The van der Waals surface area contributed by atoms with E-state index in [-0.39, 0.29) is 43.3 Å². The summed E-state index contributed by atoms with van der Waals surface area (Å²) < 4.78 is 28.6. The largest absolute Gasteiger partial charge is 0.497 e. The van der Waals surface area contributed by atoms with Gasteiger partial charge in [-0.05, 0) is 74.0 Å². The van der Waals surface area contributed by atoms with Gasteiger partial charge in [0.25, 0.3) is 11.8 Å². The third-order valence-electron chi connectivity index (χ3n) is 10.0. The maximum atomic E-state index is 16.3. The van der Waals surface area contributed by atoms with Crippen molar-refractivity contribution in [1.82, 2.24) is 4.90 Å². The van der Waals surface area contributed by atoms with E-state index in [4.69, 9.17) is 9.47 Å². The second-order valence-corrected chi connectivity index (χ2v) is 17.1. The third-order valence-corrected chi connectivity index (χ3v) is 12.5. The number of benzene rings is 3. The van der Waals surface area contributed by atoms with Crippen molar-refractivity contribution in [3.8, 4) is 5.75 Å². The predicted octanol–water partition coefficient (Wildman–Crippen LogP) is 5.64. The fraction of sp³-hybridized carbons (Fsp3) is 0.417. The van der Waals surface area contributed by atoms with Crippen molar-refractivity contribution in [2.75, 3.05) is 30.5 Å². The van der Waals surface area contributed by atoms with Crippen molar-refractivity contribution in [1.29, 1.82) is 0 Å². The standard InChI is InChI=1S/C36H42FN3O6Si/c1-23-33(47(3,4)37)31(20-32(42)39-17-9-14-27(39)22-41)46-36(23)29-19-28(45-2)15-16-30(29)40(35(36)44)21-24-10-8-13-26(18-24)38-34(43)25-11-6-5-7-12-25/h5-8,10-13,15-16,18-19,23,27,31,33,41H,9,14,17,20-22H2,1-4H3,(H,38,43)/t23-,27-,31+,33-,36+/m0/s1. The Labute approximate surface area is 275 Å². The van der Waals surface area contributed by atoms with E-state index in [9.17, 15) is 19.5 Å². The Morgan fingerprint density at radius 3 is 2.57 bits per heavy atom. The monoisotopic (exact) mass is 659 g/mol. The summed E-state index contributed by atoms with van der Waals surface area (Å²) in [6.45, 7) is 5.68. The molecule has 6 rings (SSSR count). The van der Waals surface area contributed by atoms with Crippen LogP contribution in [0.3, 0.4) is 0 Å². The fourth-order valence-corrected chi connectivity index (χ4v) is 10.4. The van der Waals surface area contributed by atoms with Crippen molar-refractivity contribution in [2.45, 2.75) is 69.1 Å². The van der Waals surface area contributed by atoms with Gasteiger partial charge >= 0.3 is 0 Å². The number of aliphatic hydroxyl groups excluding tert-OH is 1. The highest BCUT2D eigenvalue weighted by atomic mass is 28.4. The van der Waals surface area contributed by atoms with Crippen LogP contribution in [-0.2, 0) is 26.5 Å². The minimum atomic E-state index is -3.48. The Hall–Kier alpha value is -4.06. The van der Waals surface area contributed by atoms with Gasteiger partial charge in [-0.25, -0.2) is 0 Å². The number of fused-ring (bicyclic) bond motifs is 2. The number of hydrogen-bond donors (Lipinski definition) is 2. The summed E-state index contributed by atoms with van der Waals surface area (Å²) >= 11 is 0. The van der Waals surface area contributed by atoms with E-state index in [0.29, 0.717) is 34.8 Å². The summed E-state index contributed by atoms with van der Waals surface area (Å²) in [6.07, 6.45) is 0.638. The number of anilines is 2. The Kier molecular flexibility index (Phi) is 8.99. The van der Waals surface area contributed by atoms with Crippen LogP contribution in [0.15, 0.2) is 72.8 Å². The Balaban J connectivity index is 1.33. The molecular weight excluding hydrogens is 617 g/mol. The first-order chi connectivity index (χ1) is 22.5. The maximum Gasteiger partial charge on any atom is 0.264 e. The smallest absolute Gasteiger partial charge is 0.264 e. The van der Waals surface area contributed by atoms with Crippen LogP contribution in [0.25, 0.3) is 0 Å². The Morgan fingerprint density at radius 2 is 1.87 bits per heavy atom. The molecule has 2 fully saturated rings. The van der Waals surface area contributed by atoms with Crippen LogP contribution in [0.1, 0.15) is 47.7 Å². The molecule has 3 aromatic rings. The molecule has 3 amide bonds. The van der Waals surface area contributed by atoms with Gasteiger partial charge in [0.05, 0.1) is 44.5 Å². The van der Waals surface area contributed by atoms with E-state index in [2.05, 4.69) is 5.32 Å². The number of aliphatic hydroxyl groups is 1.